The van der Waals surface area contributed by atoms with Crippen LogP contribution in [-0.2, 0) is 5.75 Å². The molecule has 9 heteroatoms. The Labute approximate surface area is 216 Å². The Balaban J connectivity index is 1.57. The Kier molecular flexibility index (Phi) is 4.95. The van der Waals surface area contributed by atoms with E-state index in [-0.39, 0.29) is 30.7 Å². The van der Waals surface area contributed by atoms with Gasteiger partial charge in [0.05, 0.1) is 5.54 Å². The number of hydrogen-bond donors (Lipinski definition) is 1. The maximum absolute atomic E-state index is 14.8. The van der Waals surface area contributed by atoms with Crippen LogP contribution in [-0.4, -0.2) is 39.4 Å². The van der Waals surface area contributed by atoms with Gasteiger partial charge in [-0.25, -0.2) is 4.39 Å². The second-order valence-corrected chi connectivity index (χ2v) is 10.9. The number of nitrogens with zero attached hydrogens (tertiary/aromatic N) is 3. The lowest BCUT2D eigenvalue weighted by molar-refractivity contribution is 0.0255. The van der Waals surface area contributed by atoms with Crippen LogP contribution < -0.4 is 15.2 Å². The third-order valence-corrected chi connectivity index (χ3v) is 9.08. The van der Waals surface area contributed by atoms with Crippen LogP contribution in [0.2, 0.25) is 0 Å². The van der Waals surface area contributed by atoms with E-state index in [2.05, 4.69) is 0 Å². The number of amides is 1. The van der Waals surface area contributed by atoms with Crippen LogP contribution in [0, 0.1) is 5.82 Å². The zero-order valence-electron chi connectivity index (χ0n) is 19.9. The van der Waals surface area contributed by atoms with E-state index >= 15 is 0 Å². The van der Waals surface area contributed by atoms with Gasteiger partial charge in [0.25, 0.3) is 5.91 Å². The van der Waals surface area contributed by atoms with Gasteiger partial charge in [0, 0.05) is 34.5 Å². The summed E-state index contributed by atoms with van der Waals surface area (Å²) in [6, 6.07) is 11.8. The first-order valence-electron chi connectivity index (χ1n) is 12.3. The Morgan fingerprint density at radius 2 is 1.97 bits per heavy atom. The number of carbonyl (C=O) groups is 1. The maximum atomic E-state index is 14.8. The quantitative estimate of drug-likeness (QED) is 0.448. The highest BCUT2D eigenvalue weighted by atomic mass is 32.2. The molecule has 1 atom stereocenters. The molecule has 7 nitrogen and oxygen atoms in total. The van der Waals surface area contributed by atoms with E-state index in [9.17, 15) is 19.1 Å². The molecule has 37 heavy (non-hydrogen) atoms. The summed E-state index contributed by atoms with van der Waals surface area (Å²) in [6.45, 7) is 0.454. The van der Waals surface area contributed by atoms with E-state index in [1.165, 1.54) is 12.1 Å². The summed E-state index contributed by atoms with van der Waals surface area (Å²) >= 11 is 1.63. The van der Waals surface area contributed by atoms with Crippen molar-refractivity contribution in [3.63, 3.8) is 0 Å². The highest BCUT2D eigenvalue weighted by Gasteiger charge is 2.49. The number of aromatic nitrogens is 1. The zero-order chi connectivity index (χ0) is 25.3. The Hall–Kier alpha value is -3.72. The average molecular weight is 518 g/mol. The standard InChI is InChI=1S/C28H24FN3O4S/c29-18-13-17-15-37-22-6-2-1-5-19(22)24-23(17)21(14-18)36-12-4-10-28(8-3-9-28)30-16-32(24)31-11-7-20(33)26(34)25(31)27(30)35/h1-2,4-7,10-11,13-14,24,34H,3,8-9,12,15-16H2/b10-4+/t24-/m1/s1. The van der Waals surface area contributed by atoms with Crippen molar-refractivity contribution in [1.82, 2.24) is 9.58 Å². The van der Waals surface area contributed by atoms with Crippen molar-refractivity contribution < 1.29 is 19.0 Å². The van der Waals surface area contributed by atoms with E-state index < -0.39 is 22.8 Å². The number of ether oxygens (including phenoxy) is 1. The van der Waals surface area contributed by atoms with Gasteiger partial charge in [0.1, 0.15) is 30.9 Å². The minimum atomic E-state index is -0.604. The first kappa shape index (κ1) is 22.5. The summed E-state index contributed by atoms with van der Waals surface area (Å²) in [5.74, 6) is -0.322. The second-order valence-electron chi connectivity index (χ2n) is 9.91. The van der Waals surface area contributed by atoms with Crippen molar-refractivity contribution in [2.75, 3.05) is 18.3 Å². The first-order valence-corrected chi connectivity index (χ1v) is 13.3. The van der Waals surface area contributed by atoms with Crippen LogP contribution in [0.3, 0.4) is 0 Å². The second kappa shape index (κ2) is 8.14. The van der Waals surface area contributed by atoms with Crippen molar-refractivity contribution >= 4 is 17.7 Å². The van der Waals surface area contributed by atoms with Crippen LogP contribution in [0.5, 0.6) is 11.5 Å². The van der Waals surface area contributed by atoms with E-state index in [0.29, 0.717) is 11.5 Å². The molecule has 0 radical (unpaired) electrons. The van der Waals surface area contributed by atoms with Crippen molar-refractivity contribution in [3.05, 3.63) is 99.2 Å². The molecular weight excluding hydrogens is 493 g/mol. The van der Waals surface area contributed by atoms with Crippen LogP contribution in [0.25, 0.3) is 0 Å². The minimum absolute atomic E-state index is 0.0572. The minimum Gasteiger partial charge on any atom is -0.502 e. The fourth-order valence-corrected chi connectivity index (χ4v) is 7.08. The Morgan fingerprint density at radius 3 is 2.78 bits per heavy atom. The summed E-state index contributed by atoms with van der Waals surface area (Å²) in [4.78, 5) is 29.2. The largest absolute Gasteiger partial charge is 0.502 e. The summed E-state index contributed by atoms with van der Waals surface area (Å²) < 4.78 is 22.6. The molecule has 1 fully saturated rings. The molecule has 1 amide bonds. The number of aromatic hydroxyl groups is 1. The lowest BCUT2D eigenvalue weighted by Gasteiger charge is -2.54. The normalized spacial score (nSPS) is 22.0. The van der Waals surface area contributed by atoms with Crippen molar-refractivity contribution in [2.24, 2.45) is 0 Å². The number of fused-ring (bicyclic) bond motifs is 8. The van der Waals surface area contributed by atoms with E-state index in [1.807, 2.05) is 41.4 Å². The molecule has 2 bridgehead atoms. The molecule has 1 saturated carbocycles. The van der Waals surface area contributed by atoms with Gasteiger partial charge >= 0.3 is 0 Å². The van der Waals surface area contributed by atoms with Gasteiger partial charge in [-0.3, -0.25) is 19.3 Å². The van der Waals surface area contributed by atoms with Crippen LogP contribution >= 0.6 is 11.8 Å². The summed E-state index contributed by atoms with van der Waals surface area (Å²) in [5.41, 5.74) is 1.39. The third-order valence-electron chi connectivity index (χ3n) is 7.95. The van der Waals surface area contributed by atoms with Gasteiger partial charge in [0.15, 0.2) is 11.4 Å². The number of thioether (sulfide) groups is 1. The molecule has 3 aromatic rings. The van der Waals surface area contributed by atoms with Crippen LogP contribution in [0.4, 0.5) is 4.39 Å². The molecule has 1 aromatic heterocycles. The lowest BCUT2D eigenvalue weighted by Crippen LogP contribution is -2.64. The molecule has 1 N–H and O–H groups in total. The van der Waals surface area contributed by atoms with Gasteiger partial charge in [0.2, 0.25) is 5.43 Å². The van der Waals surface area contributed by atoms with Crippen molar-refractivity contribution in [2.45, 2.75) is 41.5 Å². The number of carbonyl (C=O) groups excluding carboxylic acids is 1. The summed E-state index contributed by atoms with van der Waals surface area (Å²) in [7, 11) is 0. The highest BCUT2D eigenvalue weighted by Crippen LogP contribution is 2.48. The maximum Gasteiger partial charge on any atom is 0.278 e. The third kappa shape index (κ3) is 3.26. The monoisotopic (exact) mass is 517 g/mol. The first-order chi connectivity index (χ1) is 18.0. The van der Waals surface area contributed by atoms with E-state index in [0.717, 1.165) is 40.8 Å². The Morgan fingerprint density at radius 1 is 1.14 bits per heavy atom. The predicted molar refractivity (Wildman–Crippen MR) is 137 cm³/mol. The molecule has 0 saturated heterocycles. The van der Waals surface area contributed by atoms with E-state index in [1.54, 1.807) is 33.6 Å². The van der Waals surface area contributed by atoms with Crippen molar-refractivity contribution in [1.29, 1.82) is 0 Å². The Bertz CT molecular complexity index is 1550. The summed E-state index contributed by atoms with van der Waals surface area (Å²) in [6.07, 6.45) is 7.92. The van der Waals surface area contributed by atoms with Gasteiger partial charge < -0.3 is 14.7 Å². The average Bonchev–Trinajstić information content (AvgIpc) is 3.03. The predicted octanol–water partition coefficient (Wildman–Crippen LogP) is 4.31. The van der Waals surface area contributed by atoms with Crippen molar-refractivity contribution in [3.8, 4) is 11.5 Å². The molecule has 2 aromatic carbocycles. The van der Waals surface area contributed by atoms with Crippen LogP contribution in [0.1, 0.15) is 52.5 Å². The fourth-order valence-electron chi connectivity index (χ4n) is 6.01. The SMILES string of the molecule is O=C1c2c(O)c(=O)ccn2N2CN1C1(/C=C/COc3cc(F)cc4c3[C@H]2c2ccccc2SC4)CCC1. The van der Waals surface area contributed by atoms with E-state index in [4.69, 9.17) is 4.74 Å². The fraction of sp³-hybridized carbons (Fsp3) is 0.286. The van der Waals surface area contributed by atoms with Crippen LogP contribution in [0.15, 0.2) is 70.5 Å². The molecule has 1 aliphatic carbocycles. The number of benzene rings is 2. The topological polar surface area (TPSA) is 75.0 Å². The highest BCUT2D eigenvalue weighted by molar-refractivity contribution is 7.98. The van der Waals surface area contributed by atoms with Gasteiger partial charge in [-0.05, 0) is 48.6 Å². The summed E-state index contributed by atoms with van der Waals surface area (Å²) in [5, 5.41) is 12.9. The number of hydrogen-bond acceptors (Lipinski definition) is 6. The molecule has 4 heterocycles. The molecule has 4 aliphatic rings. The molecule has 7 rings (SSSR count). The number of rotatable bonds is 0. The van der Waals surface area contributed by atoms with Gasteiger partial charge in [-0.15, -0.1) is 11.8 Å². The molecule has 0 unspecified atom stereocenters. The number of halogens is 1. The van der Waals surface area contributed by atoms with Gasteiger partial charge in [-0.2, -0.15) is 0 Å². The molecule has 3 aliphatic heterocycles. The molecule has 188 valence electrons. The molecule has 1 spiro atoms. The number of pyridine rings is 1. The van der Waals surface area contributed by atoms with Gasteiger partial charge in [-0.1, -0.05) is 24.3 Å². The molecular formula is C28H24FN3O4S. The lowest BCUT2D eigenvalue weighted by atomic mass is 9.74. The smallest absolute Gasteiger partial charge is 0.278 e. The zero-order valence-corrected chi connectivity index (χ0v) is 20.7.